The van der Waals surface area contributed by atoms with Crippen LogP contribution in [0.2, 0.25) is 0 Å². The molecule has 0 aromatic carbocycles. The smallest absolute Gasteiger partial charge is 0.0545 e. The molecule has 1 rings (SSSR count). The van der Waals surface area contributed by atoms with Crippen molar-refractivity contribution in [3.05, 3.63) is 0 Å². The summed E-state index contributed by atoms with van der Waals surface area (Å²) in [5.74, 6) is 1.61. The highest BCUT2D eigenvalue weighted by atomic mass is 16.3. The van der Waals surface area contributed by atoms with Gasteiger partial charge in [-0.1, -0.05) is 26.7 Å². The summed E-state index contributed by atoms with van der Waals surface area (Å²) in [6.07, 6.45) is 4.60. The molecule has 0 saturated heterocycles. The van der Waals surface area contributed by atoms with E-state index in [1.54, 1.807) is 0 Å². The number of hydrogen-bond donors (Lipinski definition) is 1. The Bertz CT molecular complexity index is 88.9. The standard InChI is InChI=1S/C9H18O/c1-3-7-5-9(10)6-8(7)4-2/h7-10H,3-6H2,1-2H3/t7-,8-/m1/s1. The Labute approximate surface area is 63.4 Å². The van der Waals surface area contributed by atoms with Gasteiger partial charge in [-0.05, 0) is 24.7 Å². The van der Waals surface area contributed by atoms with Crippen LogP contribution in [0, 0.1) is 11.8 Å². The van der Waals surface area contributed by atoms with Crippen molar-refractivity contribution in [3.63, 3.8) is 0 Å². The van der Waals surface area contributed by atoms with Crippen molar-refractivity contribution in [2.75, 3.05) is 0 Å². The molecule has 60 valence electrons. The maximum absolute atomic E-state index is 9.33. The zero-order valence-corrected chi connectivity index (χ0v) is 7.01. The third kappa shape index (κ3) is 1.51. The van der Waals surface area contributed by atoms with E-state index in [2.05, 4.69) is 13.8 Å². The highest BCUT2D eigenvalue weighted by Crippen LogP contribution is 2.35. The van der Waals surface area contributed by atoms with Crippen LogP contribution in [0.15, 0.2) is 0 Å². The van der Waals surface area contributed by atoms with Gasteiger partial charge < -0.3 is 5.11 Å². The second-order valence-corrected chi connectivity index (χ2v) is 3.46. The predicted octanol–water partition coefficient (Wildman–Crippen LogP) is 2.19. The van der Waals surface area contributed by atoms with Crippen LogP contribution in [-0.2, 0) is 0 Å². The van der Waals surface area contributed by atoms with Crippen LogP contribution >= 0.6 is 0 Å². The summed E-state index contributed by atoms with van der Waals surface area (Å²) in [4.78, 5) is 0. The second kappa shape index (κ2) is 3.38. The number of aliphatic hydroxyl groups is 1. The van der Waals surface area contributed by atoms with E-state index in [0.717, 1.165) is 24.7 Å². The predicted molar refractivity (Wildman–Crippen MR) is 42.8 cm³/mol. The monoisotopic (exact) mass is 142 g/mol. The van der Waals surface area contributed by atoms with Crippen molar-refractivity contribution < 1.29 is 5.11 Å². The maximum atomic E-state index is 9.33. The molecule has 1 aliphatic rings. The molecule has 0 bridgehead atoms. The lowest BCUT2D eigenvalue weighted by molar-refractivity contribution is 0.175. The molecule has 0 aliphatic heterocycles. The van der Waals surface area contributed by atoms with Gasteiger partial charge in [0.1, 0.15) is 0 Å². The lowest BCUT2D eigenvalue weighted by atomic mass is 9.92. The molecule has 1 fully saturated rings. The highest BCUT2D eigenvalue weighted by molar-refractivity contribution is 4.81. The van der Waals surface area contributed by atoms with E-state index in [0.29, 0.717) is 0 Å². The summed E-state index contributed by atoms with van der Waals surface area (Å²) in [6, 6.07) is 0. The van der Waals surface area contributed by atoms with Crippen LogP contribution in [-0.4, -0.2) is 11.2 Å². The van der Waals surface area contributed by atoms with Gasteiger partial charge in [0.25, 0.3) is 0 Å². The maximum Gasteiger partial charge on any atom is 0.0545 e. The summed E-state index contributed by atoms with van der Waals surface area (Å²) in [7, 11) is 0. The topological polar surface area (TPSA) is 20.2 Å². The van der Waals surface area contributed by atoms with Gasteiger partial charge in [0, 0.05) is 0 Å². The van der Waals surface area contributed by atoms with Crippen LogP contribution in [0.3, 0.4) is 0 Å². The number of hydrogen-bond acceptors (Lipinski definition) is 1. The van der Waals surface area contributed by atoms with Crippen molar-refractivity contribution in [1.82, 2.24) is 0 Å². The highest BCUT2D eigenvalue weighted by Gasteiger charge is 2.30. The lowest BCUT2D eigenvalue weighted by Gasteiger charge is -2.13. The lowest BCUT2D eigenvalue weighted by Crippen LogP contribution is -2.04. The number of aliphatic hydroxyl groups excluding tert-OH is 1. The van der Waals surface area contributed by atoms with Crippen molar-refractivity contribution >= 4 is 0 Å². The average molecular weight is 142 g/mol. The van der Waals surface area contributed by atoms with E-state index >= 15 is 0 Å². The first-order chi connectivity index (χ1) is 4.77. The van der Waals surface area contributed by atoms with Gasteiger partial charge in [-0.2, -0.15) is 0 Å². The fourth-order valence-electron chi connectivity index (χ4n) is 2.18. The van der Waals surface area contributed by atoms with Gasteiger partial charge in [0.15, 0.2) is 0 Å². The summed E-state index contributed by atoms with van der Waals surface area (Å²) in [5.41, 5.74) is 0. The molecular weight excluding hydrogens is 124 g/mol. The Hall–Kier alpha value is -0.0400. The third-order valence-electron chi connectivity index (χ3n) is 2.87. The quantitative estimate of drug-likeness (QED) is 0.626. The zero-order chi connectivity index (χ0) is 7.56. The molecule has 0 unspecified atom stereocenters. The van der Waals surface area contributed by atoms with Gasteiger partial charge in [-0.25, -0.2) is 0 Å². The first-order valence-corrected chi connectivity index (χ1v) is 4.46. The van der Waals surface area contributed by atoms with E-state index in [1.807, 2.05) is 0 Å². The number of rotatable bonds is 2. The van der Waals surface area contributed by atoms with Crippen molar-refractivity contribution in [3.8, 4) is 0 Å². The summed E-state index contributed by atoms with van der Waals surface area (Å²) in [5, 5.41) is 9.33. The Morgan fingerprint density at radius 1 is 1.10 bits per heavy atom. The Kier molecular flexibility index (Phi) is 2.72. The molecule has 1 saturated carbocycles. The van der Waals surface area contributed by atoms with E-state index in [1.165, 1.54) is 12.8 Å². The SMILES string of the molecule is CC[C@@H]1CC(O)C[C@H]1CC. The molecule has 1 nitrogen and oxygen atoms in total. The summed E-state index contributed by atoms with van der Waals surface area (Å²) in [6.45, 7) is 4.46. The van der Waals surface area contributed by atoms with Gasteiger partial charge in [0.05, 0.1) is 6.10 Å². The van der Waals surface area contributed by atoms with Gasteiger partial charge in [-0.15, -0.1) is 0 Å². The molecule has 1 heteroatoms. The van der Waals surface area contributed by atoms with E-state index < -0.39 is 0 Å². The average Bonchev–Trinajstić information content (AvgIpc) is 2.30. The molecule has 1 N–H and O–H groups in total. The molecule has 2 atom stereocenters. The van der Waals surface area contributed by atoms with Crippen LogP contribution in [0.1, 0.15) is 39.5 Å². The van der Waals surface area contributed by atoms with Crippen LogP contribution < -0.4 is 0 Å². The van der Waals surface area contributed by atoms with Crippen molar-refractivity contribution in [2.45, 2.75) is 45.6 Å². The third-order valence-corrected chi connectivity index (χ3v) is 2.87. The van der Waals surface area contributed by atoms with Crippen molar-refractivity contribution in [1.29, 1.82) is 0 Å². The first kappa shape index (κ1) is 8.06. The normalized spacial score (nSPS) is 35.1. The Morgan fingerprint density at radius 2 is 1.50 bits per heavy atom. The molecule has 1 aliphatic carbocycles. The van der Waals surface area contributed by atoms with Crippen LogP contribution in [0.25, 0.3) is 0 Å². The van der Waals surface area contributed by atoms with Gasteiger partial charge >= 0.3 is 0 Å². The molecule has 0 radical (unpaired) electrons. The molecular formula is C9H18O. The molecule has 0 aromatic rings. The fourth-order valence-corrected chi connectivity index (χ4v) is 2.18. The largest absolute Gasteiger partial charge is 0.393 e. The summed E-state index contributed by atoms with van der Waals surface area (Å²) < 4.78 is 0. The van der Waals surface area contributed by atoms with E-state index in [-0.39, 0.29) is 6.10 Å². The van der Waals surface area contributed by atoms with E-state index in [4.69, 9.17) is 0 Å². The molecule has 10 heavy (non-hydrogen) atoms. The zero-order valence-electron chi connectivity index (χ0n) is 7.01. The Morgan fingerprint density at radius 3 is 1.80 bits per heavy atom. The fraction of sp³-hybridized carbons (Fsp3) is 1.00. The summed E-state index contributed by atoms with van der Waals surface area (Å²) >= 11 is 0. The molecule has 0 spiro atoms. The van der Waals surface area contributed by atoms with Gasteiger partial charge in [-0.3, -0.25) is 0 Å². The van der Waals surface area contributed by atoms with E-state index in [9.17, 15) is 5.11 Å². The minimum absolute atomic E-state index is 0.00917. The van der Waals surface area contributed by atoms with Crippen molar-refractivity contribution in [2.24, 2.45) is 11.8 Å². The second-order valence-electron chi connectivity index (χ2n) is 3.46. The van der Waals surface area contributed by atoms with Gasteiger partial charge in [0.2, 0.25) is 0 Å². The minimum Gasteiger partial charge on any atom is -0.393 e. The molecule has 0 aromatic heterocycles. The minimum atomic E-state index is 0.00917. The van der Waals surface area contributed by atoms with Crippen LogP contribution in [0.4, 0.5) is 0 Å². The Balaban J connectivity index is 2.41. The first-order valence-electron chi connectivity index (χ1n) is 4.46. The molecule has 0 heterocycles. The molecule has 0 amide bonds. The van der Waals surface area contributed by atoms with Crippen LogP contribution in [0.5, 0.6) is 0 Å².